The standard InChI is InChI=1S/C19H16Cl2N2OS2/c1-10(2)11-3-6-13(7-4-11)22-19(25)23-18(24)17-16(21)14-8-5-12(20)9-15(14)26-17/h3-10H,1-2H3,(H2,22,23,24,25). The zero-order chi connectivity index (χ0) is 18.8. The molecule has 2 N–H and O–H groups in total. The number of hydrogen-bond acceptors (Lipinski definition) is 3. The van der Waals surface area contributed by atoms with Crippen LogP contribution in [-0.2, 0) is 0 Å². The van der Waals surface area contributed by atoms with Crippen LogP contribution in [0.5, 0.6) is 0 Å². The third kappa shape index (κ3) is 4.18. The van der Waals surface area contributed by atoms with E-state index in [1.807, 2.05) is 24.3 Å². The molecule has 2 aromatic carbocycles. The number of amides is 1. The van der Waals surface area contributed by atoms with Crippen molar-refractivity contribution in [1.82, 2.24) is 5.32 Å². The number of anilines is 1. The van der Waals surface area contributed by atoms with Crippen LogP contribution < -0.4 is 10.6 Å². The number of thiocarbonyl (C=S) groups is 1. The van der Waals surface area contributed by atoms with E-state index in [2.05, 4.69) is 24.5 Å². The number of nitrogens with one attached hydrogen (secondary N) is 2. The van der Waals surface area contributed by atoms with Gasteiger partial charge in [0.2, 0.25) is 0 Å². The number of hydrogen-bond donors (Lipinski definition) is 2. The van der Waals surface area contributed by atoms with Gasteiger partial charge in [0.05, 0.1) is 5.02 Å². The largest absolute Gasteiger partial charge is 0.332 e. The average Bonchev–Trinajstić information content (AvgIpc) is 2.91. The van der Waals surface area contributed by atoms with E-state index < -0.39 is 0 Å². The number of fused-ring (bicyclic) bond motifs is 1. The molecule has 1 heterocycles. The van der Waals surface area contributed by atoms with Crippen LogP contribution in [0.4, 0.5) is 5.69 Å². The lowest BCUT2D eigenvalue weighted by molar-refractivity contribution is 0.0982. The second-order valence-corrected chi connectivity index (χ2v) is 8.35. The Morgan fingerprint density at radius 2 is 1.81 bits per heavy atom. The normalized spacial score (nSPS) is 11.0. The first-order valence-corrected chi connectivity index (χ1v) is 9.93. The molecule has 0 radical (unpaired) electrons. The molecule has 26 heavy (non-hydrogen) atoms. The molecule has 134 valence electrons. The molecule has 0 spiro atoms. The predicted molar refractivity (Wildman–Crippen MR) is 116 cm³/mol. The highest BCUT2D eigenvalue weighted by molar-refractivity contribution is 7.80. The molecular formula is C19H16Cl2N2OS2. The van der Waals surface area contributed by atoms with E-state index in [-0.39, 0.29) is 11.0 Å². The lowest BCUT2D eigenvalue weighted by atomic mass is 10.0. The van der Waals surface area contributed by atoms with Gasteiger partial charge in [-0.1, -0.05) is 55.2 Å². The summed E-state index contributed by atoms with van der Waals surface area (Å²) in [5.41, 5.74) is 2.05. The topological polar surface area (TPSA) is 41.1 Å². The molecule has 3 nitrogen and oxygen atoms in total. The molecule has 1 aromatic heterocycles. The summed E-state index contributed by atoms with van der Waals surface area (Å²) < 4.78 is 0.857. The lowest BCUT2D eigenvalue weighted by Gasteiger charge is -2.11. The highest BCUT2D eigenvalue weighted by Crippen LogP contribution is 2.36. The monoisotopic (exact) mass is 422 g/mol. The molecule has 0 fully saturated rings. The number of carbonyl (C=O) groups excluding carboxylic acids is 1. The molecule has 0 bridgehead atoms. The predicted octanol–water partition coefficient (Wildman–Crippen LogP) is 6.46. The first-order chi connectivity index (χ1) is 12.3. The highest BCUT2D eigenvalue weighted by Gasteiger charge is 2.18. The van der Waals surface area contributed by atoms with Crippen molar-refractivity contribution in [2.45, 2.75) is 19.8 Å². The van der Waals surface area contributed by atoms with E-state index >= 15 is 0 Å². The minimum absolute atomic E-state index is 0.221. The minimum Gasteiger partial charge on any atom is -0.332 e. The maximum absolute atomic E-state index is 12.5. The zero-order valence-electron chi connectivity index (χ0n) is 14.1. The highest BCUT2D eigenvalue weighted by atomic mass is 35.5. The molecule has 0 saturated heterocycles. The molecule has 1 amide bonds. The summed E-state index contributed by atoms with van der Waals surface area (Å²) in [6.07, 6.45) is 0. The Morgan fingerprint density at radius 3 is 2.46 bits per heavy atom. The number of benzene rings is 2. The van der Waals surface area contributed by atoms with E-state index in [0.29, 0.717) is 20.8 Å². The molecule has 0 saturated carbocycles. The summed E-state index contributed by atoms with van der Waals surface area (Å²) in [5.74, 6) is 0.114. The van der Waals surface area contributed by atoms with Crippen molar-refractivity contribution in [2.75, 3.05) is 5.32 Å². The summed E-state index contributed by atoms with van der Waals surface area (Å²) >= 11 is 18.9. The Balaban J connectivity index is 1.71. The van der Waals surface area contributed by atoms with E-state index in [9.17, 15) is 4.79 Å². The van der Waals surface area contributed by atoms with Gasteiger partial charge in [-0.3, -0.25) is 10.1 Å². The van der Waals surface area contributed by atoms with Crippen LogP contribution in [-0.4, -0.2) is 11.0 Å². The summed E-state index contributed by atoms with van der Waals surface area (Å²) in [6.45, 7) is 4.27. The Hall–Kier alpha value is -1.66. The van der Waals surface area contributed by atoms with Crippen LogP contribution >= 0.6 is 46.8 Å². The fourth-order valence-corrected chi connectivity index (χ4v) is 4.36. The summed E-state index contributed by atoms with van der Waals surface area (Å²) in [7, 11) is 0. The van der Waals surface area contributed by atoms with Crippen molar-refractivity contribution < 1.29 is 4.79 Å². The van der Waals surface area contributed by atoms with Crippen molar-refractivity contribution in [3.8, 4) is 0 Å². The lowest BCUT2D eigenvalue weighted by Crippen LogP contribution is -2.33. The Bertz CT molecular complexity index is 981. The van der Waals surface area contributed by atoms with Crippen LogP contribution in [0.15, 0.2) is 42.5 Å². The fraction of sp³-hybridized carbons (Fsp3) is 0.158. The molecule has 3 rings (SSSR count). The van der Waals surface area contributed by atoms with Crippen molar-refractivity contribution in [2.24, 2.45) is 0 Å². The van der Waals surface area contributed by atoms with Gasteiger partial charge in [0.15, 0.2) is 5.11 Å². The van der Waals surface area contributed by atoms with Crippen molar-refractivity contribution >= 4 is 73.5 Å². The van der Waals surface area contributed by atoms with Crippen molar-refractivity contribution in [3.05, 3.63) is 63.0 Å². The molecule has 0 aliphatic rings. The van der Waals surface area contributed by atoms with Crippen molar-refractivity contribution in [1.29, 1.82) is 0 Å². The number of thiophene rings is 1. The van der Waals surface area contributed by atoms with Gasteiger partial charge in [0, 0.05) is 20.8 Å². The number of halogens is 2. The maximum Gasteiger partial charge on any atom is 0.269 e. The van der Waals surface area contributed by atoms with Gasteiger partial charge in [-0.2, -0.15) is 0 Å². The van der Waals surface area contributed by atoms with Crippen LogP contribution in [0, 0.1) is 0 Å². The van der Waals surface area contributed by atoms with Crippen LogP contribution in [0.25, 0.3) is 10.1 Å². The van der Waals surface area contributed by atoms with Crippen LogP contribution in [0.2, 0.25) is 10.0 Å². The Kier molecular flexibility index (Phi) is 5.82. The smallest absolute Gasteiger partial charge is 0.269 e. The van der Waals surface area contributed by atoms with Gasteiger partial charge in [-0.25, -0.2) is 0 Å². The average molecular weight is 423 g/mol. The molecule has 0 aliphatic carbocycles. The Labute approximate surface area is 171 Å². The van der Waals surface area contributed by atoms with E-state index in [1.54, 1.807) is 18.2 Å². The quantitative estimate of drug-likeness (QED) is 0.475. The third-order valence-electron chi connectivity index (χ3n) is 3.86. The fourth-order valence-electron chi connectivity index (χ4n) is 2.46. The number of carbonyl (C=O) groups is 1. The van der Waals surface area contributed by atoms with Gasteiger partial charge in [-0.15, -0.1) is 11.3 Å². The Morgan fingerprint density at radius 1 is 1.12 bits per heavy atom. The maximum atomic E-state index is 12.5. The van der Waals surface area contributed by atoms with Crippen LogP contribution in [0.3, 0.4) is 0 Å². The molecule has 0 unspecified atom stereocenters. The zero-order valence-corrected chi connectivity index (χ0v) is 17.2. The third-order valence-corrected chi connectivity index (χ3v) is 5.96. The van der Waals surface area contributed by atoms with Gasteiger partial charge in [-0.05, 0) is 48.0 Å². The summed E-state index contributed by atoms with van der Waals surface area (Å²) in [5, 5.41) is 7.71. The van der Waals surface area contributed by atoms with Crippen molar-refractivity contribution in [3.63, 3.8) is 0 Å². The van der Waals surface area contributed by atoms with Crippen LogP contribution in [0.1, 0.15) is 35.0 Å². The van der Waals surface area contributed by atoms with Gasteiger partial charge in [0.1, 0.15) is 4.88 Å². The molecule has 0 atom stereocenters. The number of rotatable bonds is 3. The van der Waals surface area contributed by atoms with E-state index in [1.165, 1.54) is 16.9 Å². The van der Waals surface area contributed by atoms with E-state index in [4.69, 9.17) is 35.4 Å². The van der Waals surface area contributed by atoms with E-state index in [0.717, 1.165) is 15.8 Å². The SMILES string of the molecule is CC(C)c1ccc(NC(=S)NC(=O)c2sc3cc(Cl)ccc3c2Cl)cc1. The first kappa shape index (κ1) is 19.1. The van der Waals surface area contributed by atoms with Gasteiger partial charge < -0.3 is 5.32 Å². The van der Waals surface area contributed by atoms with Gasteiger partial charge in [0.25, 0.3) is 5.91 Å². The molecule has 7 heteroatoms. The van der Waals surface area contributed by atoms with Gasteiger partial charge >= 0.3 is 0 Å². The second-order valence-electron chi connectivity index (χ2n) is 6.07. The minimum atomic E-state index is -0.344. The first-order valence-electron chi connectivity index (χ1n) is 7.95. The summed E-state index contributed by atoms with van der Waals surface area (Å²) in [6, 6.07) is 13.3. The molecular weight excluding hydrogens is 407 g/mol. The molecule has 0 aliphatic heterocycles. The second kappa shape index (κ2) is 7.92. The summed E-state index contributed by atoms with van der Waals surface area (Å²) in [4.78, 5) is 12.9. The molecule has 3 aromatic rings.